The molecule has 0 radical (unpaired) electrons. The van der Waals surface area contributed by atoms with Gasteiger partial charge in [-0.05, 0) is 6.42 Å². The zero-order valence-corrected chi connectivity index (χ0v) is 14.2. The molecule has 5 nitrogen and oxygen atoms in total. The van der Waals surface area contributed by atoms with Crippen LogP contribution in [0.1, 0.15) is 53.3 Å². The lowest BCUT2D eigenvalue weighted by Gasteiger charge is -2.21. The highest BCUT2D eigenvalue weighted by molar-refractivity contribution is 7.95. The molecule has 0 heterocycles. The Kier molecular flexibility index (Phi) is 5.36. The average molecular weight is 335 g/mol. The Morgan fingerprint density at radius 2 is 1.57 bits per heavy atom. The quantitative estimate of drug-likeness (QED) is 0.774. The molecule has 124 valence electrons. The molecule has 0 saturated carbocycles. The van der Waals surface area contributed by atoms with Crippen molar-refractivity contribution in [2.75, 3.05) is 12.8 Å². The summed E-state index contributed by atoms with van der Waals surface area (Å²) in [5, 5.41) is 2.89. The molecule has 6 heteroatoms. The Morgan fingerprint density at radius 1 is 0.957 bits per heavy atom. The fourth-order valence-electron chi connectivity index (χ4n) is 2.63. The van der Waals surface area contributed by atoms with Crippen LogP contribution in [0.15, 0.2) is 34.9 Å². The topological polar surface area (TPSA) is 80.3 Å². The largest absolute Gasteiger partial charge is 0.381 e. The Labute approximate surface area is 136 Å². The Bertz CT molecular complexity index is 763. The zero-order valence-electron chi connectivity index (χ0n) is 13.4. The van der Waals surface area contributed by atoms with Crippen molar-refractivity contribution in [1.82, 2.24) is 5.32 Å². The van der Waals surface area contributed by atoms with Gasteiger partial charge in [-0.2, -0.15) is 0 Å². The van der Waals surface area contributed by atoms with E-state index in [1.807, 2.05) is 0 Å². The number of hydrogen-bond acceptors (Lipinski definition) is 5. The van der Waals surface area contributed by atoms with Gasteiger partial charge < -0.3 is 5.32 Å². The normalized spacial score (nSPS) is 14.9. The van der Waals surface area contributed by atoms with Gasteiger partial charge in [0, 0.05) is 23.9 Å². The van der Waals surface area contributed by atoms with Crippen molar-refractivity contribution in [3.63, 3.8) is 0 Å². The second kappa shape index (κ2) is 7.08. The number of nitrogens with one attached hydrogen (secondary N) is 1. The highest BCUT2D eigenvalue weighted by Crippen LogP contribution is 2.27. The minimum Gasteiger partial charge on any atom is -0.381 e. The van der Waals surface area contributed by atoms with Crippen molar-refractivity contribution in [2.24, 2.45) is 0 Å². The van der Waals surface area contributed by atoms with Gasteiger partial charge in [0.25, 0.3) is 0 Å². The fourth-order valence-corrected chi connectivity index (χ4v) is 3.61. The van der Waals surface area contributed by atoms with Gasteiger partial charge in [0.05, 0.1) is 0 Å². The molecule has 0 fully saturated rings. The molecule has 1 N–H and O–H groups in total. The van der Waals surface area contributed by atoms with Crippen LogP contribution in [-0.2, 0) is 9.84 Å². The molecule has 1 aromatic carbocycles. The number of allylic oxidation sites excluding steroid dienone is 2. The van der Waals surface area contributed by atoms with Crippen LogP contribution < -0.4 is 5.32 Å². The maximum absolute atomic E-state index is 12.6. The predicted octanol–water partition coefficient (Wildman–Crippen LogP) is 2.49. The van der Waals surface area contributed by atoms with Gasteiger partial charge in [0.1, 0.15) is 10.6 Å². The number of rotatable bonds is 7. The SMILES string of the molecule is CCCCCCNC1=C(S(C)(=O)=O)C(=O)c2ccccc2C1=O. The third kappa shape index (κ3) is 3.69. The summed E-state index contributed by atoms with van der Waals surface area (Å²) >= 11 is 0. The molecule has 0 unspecified atom stereocenters. The van der Waals surface area contributed by atoms with E-state index in [2.05, 4.69) is 12.2 Å². The maximum Gasteiger partial charge on any atom is 0.211 e. The van der Waals surface area contributed by atoms with Crippen LogP contribution in [-0.4, -0.2) is 32.8 Å². The Balaban J connectivity index is 2.37. The van der Waals surface area contributed by atoms with Gasteiger partial charge in [0.15, 0.2) is 9.84 Å². The standard InChI is InChI=1S/C17H21NO4S/c1-3-4-5-8-11-18-14-15(19)12-9-6-7-10-13(12)16(20)17(14)23(2,21)22/h6-7,9-10,18H,3-5,8,11H2,1-2H3. The van der Waals surface area contributed by atoms with Crippen molar-refractivity contribution in [3.05, 3.63) is 46.0 Å². The first kappa shape index (κ1) is 17.4. The second-order valence-corrected chi connectivity index (χ2v) is 7.62. The lowest BCUT2D eigenvalue weighted by Crippen LogP contribution is -2.33. The van der Waals surface area contributed by atoms with E-state index in [1.54, 1.807) is 18.2 Å². The van der Waals surface area contributed by atoms with Crippen LogP contribution in [0.4, 0.5) is 0 Å². The van der Waals surface area contributed by atoms with Crippen LogP contribution >= 0.6 is 0 Å². The second-order valence-electron chi connectivity index (χ2n) is 5.67. The first-order valence-corrected chi connectivity index (χ1v) is 9.63. The number of Topliss-reactive ketones (excluding diaryl/α,β-unsaturated/α-hetero) is 2. The molecule has 0 spiro atoms. The summed E-state index contributed by atoms with van der Waals surface area (Å²) in [5.41, 5.74) is 0.308. The number of unbranched alkanes of at least 4 members (excludes halogenated alkanes) is 3. The Morgan fingerprint density at radius 3 is 2.13 bits per heavy atom. The van der Waals surface area contributed by atoms with E-state index in [-0.39, 0.29) is 16.8 Å². The lowest BCUT2D eigenvalue weighted by atomic mass is 9.92. The molecule has 1 aliphatic carbocycles. The van der Waals surface area contributed by atoms with E-state index in [0.29, 0.717) is 6.54 Å². The van der Waals surface area contributed by atoms with Crippen LogP contribution in [0.25, 0.3) is 0 Å². The number of hydrogen-bond donors (Lipinski definition) is 1. The summed E-state index contributed by atoms with van der Waals surface area (Å²) < 4.78 is 24.1. The van der Waals surface area contributed by atoms with Gasteiger partial charge in [-0.25, -0.2) is 8.42 Å². The van der Waals surface area contributed by atoms with Gasteiger partial charge in [0.2, 0.25) is 11.6 Å². The molecule has 2 rings (SSSR count). The van der Waals surface area contributed by atoms with E-state index < -0.39 is 26.3 Å². The summed E-state index contributed by atoms with van der Waals surface area (Å²) in [7, 11) is -3.80. The number of carbonyl (C=O) groups is 2. The molecular weight excluding hydrogens is 314 g/mol. The van der Waals surface area contributed by atoms with Crippen LogP contribution in [0.5, 0.6) is 0 Å². The van der Waals surface area contributed by atoms with Gasteiger partial charge in [-0.3, -0.25) is 9.59 Å². The van der Waals surface area contributed by atoms with Crippen molar-refractivity contribution in [1.29, 1.82) is 0 Å². The number of sulfone groups is 1. The van der Waals surface area contributed by atoms with E-state index in [4.69, 9.17) is 0 Å². The number of ketones is 2. The van der Waals surface area contributed by atoms with Gasteiger partial charge >= 0.3 is 0 Å². The van der Waals surface area contributed by atoms with Gasteiger partial charge in [-0.1, -0.05) is 50.5 Å². The summed E-state index contributed by atoms with van der Waals surface area (Å²) in [6, 6.07) is 6.31. The zero-order chi connectivity index (χ0) is 17.0. The summed E-state index contributed by atoms with van der Waals surface area (Å²) in [5.74, 6) is -1.05. The molecule has 1 aliphatic rings. The predicted molar refractivity (Wildman–Crippen MR) is 89.1 cm³/mol. The number of fused-ring (bicyclic) bond motifs is 1. The van der Waals surface area contributed by atoms with Gasteiger partial charge in [-0.15, -0.1) is 0 Å². The van der Waals surface area contributed by atoms with Crippen LogP contribution in [0.3, 0.4) is 0 Å². The first-order chi connectivity index (χ1) is 10.9. The first-order valence-electron chi connectivity index (χ1n) is 7.74. The summed E-state index contributed by atoms with van der Waals surface area (Å²) in [4.78, 5) is 24.7. The monoisotopic (exact) mass is 335 g/mol. The Hall–Kier alpha value is -1.95. The smallest absolute Gasteiger partial charge is 0.211 e. The van der Waals surface area contributed by atoms with Crippen molar-refractivity contribution in [3.8, 4) is 0 Å². The number of benzene rings is 1. The molecule has 0 atom stereocenters. The highest BCUT2D eigenvalue weighted by Gasteiger charge is 2.36. The van der Waals surface area contributed by atoms with E-state index in [9.17, 15) is 18.0 Å². The molecule has 1 aromatic rings. The third-order valence-corrected chi connectivity index (χ3v) is 4.91. The third-order valence-electron chi connectivity index (χ3n) is 3.78. The van der Waals surface area contributed by atoms with E-state index in [0.717, 1.165) is 31.9 Å². The highest BCUT2D eigenvalue weighted by atomic mass is 32.2. The molecule has 0 bridgehead atoms. The lowest BCUT2D eigenvalue weighted by molar-refractivity contribution is 0.0974. The molecule has 23 heavy (non-hydrogen) atoms. The van der Waals surface area contributed by atoms with Crippen molar-refractivity contribution in [2.45, 2.75) is 32.6 Å². The maximum atomic E-state index is 12.6. The summed E-state index contributed by atoms with van der Waals surface area (Å²) in [6.45, 7) is 2.56. The molecule has 0 saturated heterocycles. The van der Waals surface area contributed by atoms with Crippen LogP contribution in [0, 0.1) is 0 Å². The van der Waals surface area contributed by atoms with E-state index >= 15 is 0 Å². The van der Waals surface area contributed by atoms with Crippen LogP contribution in [0.2, 0.25) is 0 Å². The minimum absolute atomic E-state index is 0.0901. The molecule has 0 amide bonds. The minimum atomic E-state index is -3.80. The van der Waals surface area contributed by atoms with Crippen molar-refractivity contribution >= 4 is 21.4 Å². The average Bonchev–Trinajstić information content (AvgIpc) is 2.50. The summed E-state index contributed by atoms with van der Waals surface area (Å²) in [6.07, 6.45) is 4.93. The van der Waals surface area contributed by atoms with E-state index in [1.165, 1.54) is 6.07 Å². The molecular formula is C17H21NO4S. The number of carbonyl (C=O) groups excluding carboxylic acids is 2. The fraction of sp³-hybridized carbons (Fsp3) is 0.412. The molecule has 0 aromatic heterocycles. The van der Waals surface area contributed by atoms with Crippen molar-refractivity contribution < 1.29 is 18.0 Å². The molecule has 0 aliphatic heterocycles.